The van der Waals surface area contributed by atoms with E-state index in [9.17, 15) is 8.42 Å². The van der Waals surface area contributed by atoms with Crippen LogP contribution in [0.5, 0.6) is 5.75 Å². The third-order valence-electron chi connectivity index (χ3n) is 3.32. The van der Waals surface area contributed by atoms with Crippen LogP contribution in [0, 0.1) is 6.92 Å². The molecule has 1 heterocycles. The number of nitrogens with one attached hydrogen (secondary N) is 1. The number of hydrogen-bond acceptors (Lipinski definition) is 3. The normalized spacial score (nSPS) is 21.6. The second-order valence-corrected chi connectivity index (χ2v) is 7.72. The highest BCUT2D eigenvalue weighted by molar-refractivity contribution is 7.89. The molecule has 1 N–H and O–H groups in total. The van der Waals surface area contributed by atoms with Crippen molar-refractivity contribution in [1.29, 1.82) is 0 Å². The fourth-order valence-electron chi connectivity index (χ4n) is 2.38. The molecule has 0 radical (unpaired) electrons. The zero-order valence-corrected chi connectivity index (χ0v) is 12.7. The van der Waals surface area contributed by atoms with Crippen molar-refractivity contribution in [2.24, 2.45) is 0 Å². The lowest BCUT2D eigenvalue weighted by molar-refractivity contribution is 0.0701. The van der Waals surface area contributed by atoms with Crippen LogP contribution in [-0.4, -0.2) is 19.8 Å². The van der Waals surface area contributed by atoms with Crippen LogP contribution >= 0.6 is 0 Å². The highest BCUT2D eigenvalue weighted by Crippen LogP contribution is 2.40. The van der Waals surface area contributed by atoms with Gasteiger partial charge in [0.2, 0.25) is 10.0 Å². The predicted octanol–water partition coefficient (Wildman–Crippen LogP) is 2.54. The molecular weight excluding hydrogens is 262 g/mol. The van der Waals surface area contributed by atoms with Gasteiger partial charge >= 0.3 is 0 Å². The lowest BCUT2D eigenvalue weighted by atomic mass is 9.89. The van der Waals surface area contributed by atoms with Crippen molar-refractivity contribution in [2.45, 2.75) is 45.8 Å². The largest absolute Gasteiger partial charge is 0.487 e. The van der Waals surface area contributed by atoms with Crippen LogP contribution in [0.2, 0.25) is 0 Å². The second-order valence-electron chi connectivity index (χ2n) is 5.68. The van der Waals surface area contributed by atoms with Gasteiger partial charge in [0.05, 0.1) is 11.8 Å². The highest BCUT2D eigenvalue weighted by atomic mass is 32.2. The van der Waals surface area contributed by atoms with E-state index < -0.39 is 10.0 Å². The Bertz CT molecular complexity index is 578. The summed E-state index contributed by atoms with van der Waals surface area (Å²) in [4.78, 5) is 0. The molecule has 5 heteroatoms. The summed E-state index contributed by atoms with van der Waals surface area (Å²) < 4.78 is 32.3. The summed E-state index contributed by atoms with van der Waals surface area (Å²) in [7, 11) is -3.23. The van der Waals surface area contributed by atoms with Gasteiger partial charge in [-0.1, -0.05) is 17.7 Å². The van der Waals surface area contributed by atoms with E-state index in [2.05, 4.69) is 4.72 Å². The first-order chi connectivity index (χ1) is 8.72. The zero-order valence-electron chi connectivity index (χ0n) is 11.9. The summed E-state index contributed by atoms with van der Waals surface area (Å²) >= 11 is 0. The fourth-order valence-corrected chi connectivity index (χ4v) is 3.19. The van der Waals surface area contributed by atoms with Gasteiger partial charge in [-0.25, -0.2) is 13.1 Å². The van der Waals surface area contributed by atoms with E-state index in [1.54, 1.807) is 6.92 Å². The van der Waals surface area contributed by atoms with Crippen LogP contribution in [0.1, 0.15) is 44.4 Å². The molecule has 4 nitrogen and oxygen atoms in total. The van der Waals surface area contributed by atoms with Crippen molar-refractivity contribution in [2.75, 3.05) is 5.75 Å². The standard InChI is InChI=1S/C14H21NO3S/c1-5-19(16,17)15-12-9-14(3,4)18-13-7-6-10(2)8-11(12)13/h6-8,12,15H,5,9H2,1-4H3. The van der Waals surface area contributed by atoms with Gasteiger partial charge in [0.25, 0.3) is 0 Å². The van der Waals surface area contributed by atoms with Crippen LogP contribution in [0.25, 0.3) is 0 Å². The van der Waals surface area contributed by atoms with E-state index in [0.717, 1.165) is 16.9 Å². The lowest BCUT2D eigenvalue weighted by Gasteiger charge is -2.37. The van der Waals surface area contributed by atoms with Crippen LogP contribution in [-0.2, 0) is 10.0 Å². The molecule has 1 unspecified atom stereocenters. The molecule has 0 amide bonds. The molecular formula is C14H21NO3S. The molecule has 0 aromatic heterocycles. The number of benzene rings is 1. The molecule has 1 aliphatic rings. The minimum Gasteiger partial charge on any atom is -0.487 e. The molecule has 0 spiro atoms. The summed E-state index contributed by atoms with van der Waals surface area (Å²) in [6.45, 7) is 7.58. The van der Waals surface area contributed by atoms with E-state index in [1.165, 1.54) is 0 Å². The van der Waals surface area contributed by atoms with Crippen LogP contribution in [0.3, 0.4) is 0 Å². The minimum atomic E-state index is -3.23. The summed E-state index contributed by atoms with van der Waals surface area (Å²) in [6.07, 6.45) is 0.628. The predicted molar refractivity (Wildman–Crippen MR) is 75.8 cm³/mol. The van der Waals surface area contributed by atoms with E-state index in [1.807, 2.05) is 39.0 Å². The number of hydrogen-bond donors (Lipinski definition) is 1. The molecule has 19 heavy (non-hydrogen) atoms. The Hall–Kier alpha value is -1.07. The van der Waals surface area contributed by atoms with Gasteiger partial charge in [0, 0.05) is 12.0 Å². The molecule has 1 atom stereocenters. The summed E-state index contributed by atoms with van der Waals surface area (Å²) in [5.41, 5.74) is 1.66. The van der Waals surface area contributed by atoms with E-state index in [4.69, 9.17) is 4.74 Å². The van der Waals surface area contributed by atoms with Crippen molar-refractivity contribution in [1.82, 2.24) is 4.72 Å². The number of rotatable bonds is 3. The Balaban J connectivity index is 2.41. The van der Waals surface area contributed by atoms with Gasteiger partial charge < -0.3 is 4.74 Å². The number of sulfonamides is 1. The van der Waals surface area contributed by atoms with E-state index >= 15 is 0 Å². The third kappa shape index (κ3) is 3.28. The van der Waals surface area contributed by atoms with E-state index in [-0.39, 0.29) is 17.4 Å². The van der Waals surface area contributed by atoms with Crippen molar-refractivity contribution < 1.29 is 13.2 Å². The number of aryl methyl sites for hydroxylation is 1. The zero-order chi connectivity index (χ0) is 14.3. The topological polar surface area (TPSA) is 55.4 Å². The van der Waals surface area contributed by atoms with Crippen LogP contribution in [0.15, 0.2) is 18.2 Å². The monoisotopic (exact) mass is 283 g/mol. The maximum absolute atomic E-state index is 11.8. The molecule has 1 aromatic rings. The summed E-state index contributed by atoms with van der Waals surface area (Å²) in [5, 5.41) is 0. The van der Waals surface area contributed by atoms with E-state index in [0.29, 0.717) is 6.42 Å². The molecule has 2 rings (SSSR count). The van der Waals surface area contributed by atoms with Gasteiger partial charge in [0.1, 0.15) is 11.4 Å². The highest BCUT2D eigenvalue weighted by Gasteiger charge is 2.35. The average Bonchev–Trinajstić information content (AvgIpc) is 2.29. The molecule has 0 saturated heterocycles. The first kappa shape index (κ1) is 14.3. The quantitative estimate of drug-likeness (QED) is 0.927. The Morgan fingerprint density at radius 1 is 1.42 bits per heavy atom. The van der Waals surface area contributed by atoms with Crippen LogP contribution < -0.4 is 9.46 Å². The first-order valence-electron chi connectivity index (χ1n) is 6.52. The summed E-state index contributed by atoms with van der Waals surface area (Å²) in [5.74, 6) is 0.858. The van der Waals surface area contributed by atoms with Gasteiger partial charge in [-0.2, -0.15) is 0 Å². The van der Waals surface area contributed by atoms with Gasteiger partial charge in [-0.3, -0.25) is 0 Å². The third-order valence-corrected chi connectivity index (χ3v) is 4.73. The molecule has 0 aliphatic carbocycles. The molecule has 1 aromatic carbocycles. The summed E-state index contributed by atoms with van der Waals surface area (Å²) in [6, 6.07) is 5.67. The van der Waals surface area contributed by atoms with Crippen molar-refractivity contribution in [3.63, 3.8) is 0 Å². The van der Waals surface area contributed by atoms with Crippen LogP contribution in [0.4, 0.5) is 0 Å². The lowest BCUT2D eigenvalue weighted by Crippen LogP contribution is -2.41. The fraction of sp³-hybridized carbons (Fsp3) is 0.571. The van der Waals surface area contributed by atoms with Crippen molar-refractivity contribution in [3.05, 3.63) is 29.3 Å². The Labute approximate surface area is 115 Å². The van der Waals surface area contributed by atoms with Crippen molar-refractivity contribution in [3.8, 4) is 5.75 Å². The minimum absolute atomic E-state index is 0.0892. The Morgan fingerprint density at radius 2 is 2.11 bits per heavy atom. The SMILES string of the molecule is CCS(=O)(=O)NC1CC(C)(C)Oc2ccc(C)cc21. The Kier molecular flexibility index (Phi) is 3.62. The average molecular weight is 283 g/mol. The molecule has 0 saturated carbocycles. The smallest absolute Gasteiger partial charge is 0.211 e. The number of ether oxygens (including phenoxy) is 1. The van der Waals surface area contributed by atoms with Gasteiger partial charge in [0.15, 0.2) is 0 Å². The van der Waals surface area contributed by atoms with Gasteiger partial charge in [-0.15, -0.1) is 0 Å². The van der Waals surface area contributed by atoms with Gasteiger partial charge in [-0.05, 0) is 33.8 Å². The Morgan fingerprint density at radius 3 is 2.74 bits per heavy atom. The van der Waals surface area contributed by atoms with Crippen molar-refractivity contribution >= 4 is 10.0 Å². The number of fused-ring (bicyclic) bond motifs is 1. The molecule has 1 aliphatic heterocycles. The maximum atomic E-state index is 11.8. The molecule has 106 valence electrons. The molecule has 0 bridgehead atoms. The maximum Gasteiger partial charge on any atom is 0.211 e. The molecule has 0 fully saturated rings. The second kappa shape index (κ2) is 4.80. The first-order valence-corrected chi connectivity index (χ1v) is 8.17.